The van der Waals surface area contributed by atoms with Gasteiger partial charge < -0.3 is 12.4 Å². The number of aryl methyl sites for hydroxylation is 2. The van der Waals surface area contributed by atoms with E-state index in [0.29, 0.717) is 0 Å². The van der Waals surface area contributed by atoms with Crippen LogP contribution in [0.1, 0.15) is 19.8 Å². The van der Waals surface area contributed by atoms with Crippen LogP contribution in [0, 0.1) is 0 Å². The molecule has 0 spiro atoms. The minimum atomic E-state index is 0. The van der Waals surface area contributed by atoms with E-state index in [9.17, 15) is 0 Å². The largest absolute Gasteiger partial charge is 1.00 e. The van der Waals surface area contributed by atoms with E-state index in [1.165, 1.54) is 12.8 Å². The molecule has 0 saturated carbocycles. The number of imidazole rings is 1. The molecule has 0 aromatic carbocycles. The van der Waals surface area contributed by atoms with Gasteiger partial charge in [-0.25, -0.2) is 9.13 Å². The number of hydrogen-bond donors (Lipinski definition) is 0. The fourth-order valence-corrected chi connectivity index (χ4v) is 0.975. The van der Waals surface area contributed by atoms with Gasteiger partial charge in [-0.1, -0.05) is 13.3 Å². The lowest BCUT2D eigenvalue weighted by Gasteiger charge is -1.90. The second kappa shape index (κ2) is 7.67. The van der Waals surface area contributed by atoms with E-state index in [1.807, 2.05) is 7.05 Å². The van der Waals surface area contributed by atoms with Gasteiger partial charge in [0.25, 0.3) is 0 Å². The number of nitrogens with zero attached hydrogens (tertiary/aromatic N) is 2. The number of unbranched alkanes of at least 4 members (excludes halogenated alkanes) is 1. The van der Waals surface area contributed by atoms with Crippen LogP contribution >= 0.6 is 0 Å². The Hall–Kier alpha value is 0.0325. The molecule has 0 atom stereocenters. The summed E-state index contributed by atoms with van der Waals surface area (Å²) in [5, 5.41) is 0. The predicted octanol–water partition coefficient (Wildman–Crippen LogP) is -3.07. The highest BCUT2D eigenvalue weighted by atomic mass is 35.5. The average molecular weight is 205 g/mol. The van der Waals surface area contributed by atoms with Gasteiger partial charge in [0.2, 0.25) is 6.33 Å². The summed E-state index contributed by atoms with van der Waals surface area (Å²) in [6, 6.07) is 0. The maximum Gasteiger partial charge on any atom is 0.243 e. The van der Waals surface area contributed by atoms with Crippen LogP contribution in [0.25, 0.3) is 0 Å². The zero-order valence-electron chi connectivity index (χ0n) is 7.13. The van der Waals surface area contributed by atoms with Crippen molar-refractivity contribution in [1.82, 2.24) is 4.57 Å². The van der Waals surface area contributed by atoms with Crippen LogP contribution in [0.5, 0.6) is 0 Å². The normalized spacial score (nSPS) is 8.50. The molecule has 0 aliphatic heterocycles. The van der Waals surface area contributed by atoms with Crippen molar-refractivity contribution in [3.05, 3.63) is 18.7 Å². The molecule has 2 nitrogen and oxygen atoms in total. The Kier molecular flexibility index (Phi) is 9.30. The van der Waals surface area contributed by atoms with Gasteiger partial charge in [-0.15, -0.1) is 0 Å². The Balaban J connectivity index is 0. The van der Waals surface area contributed by atoms with Crippen LogP contribution < -0.4 is 17.0 Å². The molecule has 0 amide bonds. The van der Waals surface area contributed by atoms with E-state index in [4.69, 9.17) is 0 Å². The number of aromatic nitrogens is 2. The minimum absolute atomic E-state index is 0. The highest BCUT2D eigenvalue weighted by Crippen LogP contribution is 1.85. The Morgan fingerprint density at radius 2 is 2.08 bits per heavy atom. The summed E-state index contributed by atoms with van der Waals surface area (Å²) < 4.78 is 4.28. The maximum atomic E-state index is 2.21. The highest BCUT2D eigenvalue weighted by Gasteiger charge is 1.96. The van der Waals surface area contributed by atoms with Crippen LogP contribution in [0.4, 0.5) is 0 Å². The summed E-state index contributed by atoms with van der Waals surface area (Å²) in [7, 11) is 2.04. The molecule has 0 bridgehead atoms. The third-order valence-corrected chi connectivity index (χ3v) is 1.59. The molecule has 0 saturated heterocycles. The zero-order valence-corrected chi connectivity index (χ0v) is 7.88. The fraction of sp³-hybridized carbons (Fsp3) is 0.625. The summed E-state index contributed by atoms with van der Waals surface area (Å²) in [5.41, 5.74) is 0. The lowest BCUT2D eigenvalue weighted by Crippen LogP contribution is -3.00. The van der Waals surface area contributed by atoms with Gasteiger partial charge in [0.15, 0.2) is 17.4 Å². The first-order chi connectivity index (χ1) is 4.83. The van der Waals surface area contributed by atoms with Crippen molar-refractivity contribution in [2.75, 3.05) is 0 Å². The molecular weight excluding hydrogens is 187 g/mol. The SMILES string of the molecule is CCCC[n+]1ccn(C)c1.[AlH3].[Cl-]. The molecule has 0 fully saturated rings. The molecule has 1 rings (SSSR count). The van der Waals surface area contributed by atoms with Gasteiger partial charge in [0.05, 0.1) is 13.6 Å². The first-order valence-corrected chi connectivity index (χ1v) is 3.84. The van der Waals surface area contributed by atoms with E-state index in [2.05, 4.69) is 34.8 Å². The van der Waals surface area contributed by atoms with Crippen LogP contribution in [0.3, 0.4) is 0 Å². The molecule has 1 aromatic heterocycles. The first kappa shape index (κ1) is 14.6. The third kappa shape index (κ3) is 4.82. The molecule has 1 heterocycles. The highest BCUT2D eigenvalue weighted by molar-refractivity contribution is 5.75. The van der Waals surface area contributed by atoms with Crippen LogP contribution in [0.15, 0.2) is 18.7 Å². The molecule has 12 heavy (non-hydrogen) atoms. The van der Waals surface area contributed by atoms with Crippen molar-refractivity contribution in [3.8, 4) is 0 Å². The van der Waals surface area contributed by atoms with Crippen molar-refractivity contribution in [2.24, 2.45) is 7.05 Å². The van der Waals surface area contributed by atoms with Crippen LogP contribution in [-0.4, -0.2) is 21.9 Å². The topological polar surface area (TPSA) is 8.81 Å². The molecule has 0 radical (unpaired) electrons. The summed E-state index contributed by atoms with van der Waals surface area (Å²) >= 11 is 0. The fourth-order valence-electron chi connectivity index (χ4n) is 0.975. The van der Waals surface area contributed by atoms with Gasteiger partial charge in [-0.2, -0.15) is 0 Å². The van der Waals surface area contributed by atoms with Gasteiger partial charge in [0, 0.05) is 0 Å². The quantitative estimate of drug-likeness (QED) is 0.365. The zero-order chi connectivity index (χ0) is 7.40. The molecule has 0 aliphatic carbocycles. The Morgan fingerprint density at radius 3 is 2.50 bits per heavy atom. The summed E-state index contributed by atoms with van der Waals surface area (Å²) in [6.07, 6.45) is 8.82. The molecule has 0 unspecified atom stereocenters. The lowest BCUT2D eigenvalue weighted by atomic mass is 10.3. The third-order valence-electron chi connectivity index (χ3n) is 1.59. The predicted molar refractivity (Wildman–Crippen MR) is 50.5 cm³/mol. The summed E-state index contributed by atoms with van der Waals surface area (Å²) in [5.74, 6) is 0. The smallest absolute Gasteiger partial charge is 0.243 e. The molecule has 1 aromatic rings. The Bertz CT molecular complexity index is 201. The number of rotatable bonds is 3. The van der Waals surface area contributed by atoms with Crippen LogP contribution in [0.2, 0.25) is 0 Å². The Labute approximate surface area is 91.1 Å². The summed E-state index contributed by atoms with van der Waals surface area (Å²) in [4.78, 5) is 0. The van der Waals surface area contributed by atoms with Gasteiger partial charge in [0.1, 0.15) is 12.4 Å². The second-order valence-electron chi connectivity index (χ2n) is 2.67. The minimum Gasteiger partial charge on any atom is -1.00 e. The van der Waals surface area contributed by atoms with E-state index in [1.54, 1.807) is 0 Å². The maximum absolute atomic E-state index is 2.21. The van der Waals surface area contributed by atoms with E-state index in [0.717, 1.165) is 6.54 Å². The van der Waals surface area contributed by atoms with Crippen molar-refractivity contribution in [1.29, 1.82) is 0 Å². The van der Waals surface area contributed by atoms with Crippen molar-refractivity contribution < 1.29 is 17.0 Å². The number of halogens is 1. The molecular formula is C8H18AlClN2. The van der Waals surface area contributed by atoms with Crippen molar-refractivity contribution >= 4 is 17.4 Å². The van der Waals surface area contributed by atoms with Gasteiger partial charge in [-0.3, -0.25) is 0 Å². The summed E-state index contributed by atoms with van der Waals surface area (Å²) in [6.45, 7) is 3.36. The Morgan fingerprint density at radius 1 is 1.42 bits per heavy atom. The van der Waals surface area contributed by atoms with E-state index >= 15 is 0 Å². The number of hydrogen-bond acceptors (Lipinski definition) is 0. The van der Waals surface area contributed by atoms with Gasteiger partial charge >= 0.3 is 0 Å². The molecule has 70 valence electrons. The van der Waals surface area contributed by atoms with E-state index < -0.39 is 0 Å². The van der Waals surface area contributed by atoms with Crippen LogP contribution in [-0.2, 0) is 13.6 Å². The van der Waals surface area contributed by atoms with Gasteiger partial charge in [-0.05, 0) is 6.42 Å². The van der Waals surface area contributed by atoms with Crippen molar-refractivity contribution in [3.63, 3.8) is 0 Å². The second-order valence-corrected chi connectivity index (χ2v) is 2.67. The van der Waals surface area contributed by atoms with E-state index in [-0.39, 0.29) is 29.8 Å². The van der Waals surface area contributed by atoms with Crippen molar-refractivity contribution in [2.45, 2.75) is 26.3 Å². The first-order valence-electron chi connectivity index (χ1n) is 3.84. The standard InChI is InChI=1S/C8H15N2.Al.ClH.3H/c1-3-4-5-10-7-6-9(2)8-10;;;;;/h6-8H,3-5H2,1-2H3;;1H;;;/q+1;;;;;/p-1. The monoisotopic (exact) mass is 204 g/mol. The molecule has 0 aliphatic rings. The molecule has 4 heteroatoms. The average Bonchev–Trinajstić information content (AvgIpc) is 2.31. The molecule has 0 N–H and O–H groups in total. The lowest BCUT2D eigenvalue weighted by molar-refractivity contribution is -0.696.